The fourth-order valence-electron chi connectivity index (χ4n) is 2.24. The predicted molar refractivity (Wildman–Crippen MR) is 66.5 cm³/mol. The van der Waals surface area contributed by atoms with Crippen LogP contribution in [0.4, 0.5) is 5.69 Å². The van der Waals surface area contributed by atoms with E-state index in [2.05, 4.69) is 44.3 Å². The highest BCUT2D eigenvalue weighted by molar-refractivity contribution is 5.55. The summed E-state index contributed by atoms with van der Waals surface area (Å²) in [6, 6.07) is 6.88. The maximum atomic E-state index is 3.53. The maximum Gasteiger partial charge on any atom is 0.0373 e. The van der Waals surface area contributed by atoms with Crippen molar-refractivity contribution < 1.29 is 0 Å². The first-order valence-corrected chi connectivity index (χ1v) is 6.07. The van der Waals surface area contributed by atoms with Gasteiger partial charge in [0.2, 0.25) is 0 Å². The van der Waals surface area contributed by atoms with Crippen molar-refractivity contribution in [3.63, 3.8) is 0 Å². The van der Waals surface area contributed by atoms with Crippen LogP contribution in [0.25, 0.3) is 0 Å². The van der Waals surface area contributed by atoms with Gasteiger partial charge in [-0.05, 0) is 35.4 Å². The molecular formula is C14H21N. The quantitative estimate of drug-likeness (QED) is 0.770. The second-order valence-corrected chi connectivity index (χ2v) is 4.93. The maximum absolute atomic E-state index is 3.53. The van der Waals surface area contributed by atoms with Crippen LogP contribution in [0.1, 0.15) is 44.2 Å². The number of nitrogens with one attached hydrogen (secondary N) is 1. The van der Waals surface area contributed by atoms with Gasteiger partial charge in [0.25, 0.3) is 0 Å². The molecule has 1 aliphatic rings. The zero-order valence-corrected chi connectivity index (χ0v) is 10.0. The van der Waals surface area contributed by atoms with E-state index in [1.807, 2.05) is 0 Å². The van der Waals surface area contributed by atoms with Gasteiger partial charge in [0.05, 0.1) is 0 Å². The van der Waals surface area contributed by atoms with Crippen LogP contribution in [-0.2, 0) is 6.42 Å². The minimum atomic E-state index is 0.636. The van der Waals surface area contributed by atoms with E-state index in [9.17, 15) is 0 Å². The molecule has 2 rings (SSSR count). The molecule has 0 amide bonds. The van der Waals surface area contributed by atoms with E-state index in [0.717, 1.165) is 12.5 Å². The SMILES string of the molecule is CCC1CNc2ccc(C(C)C)cc2C1. The third-order valence-electron chi connectivity index (χ3n) is 3.46. The summed E-state index contributed by atoms with van der Waals surface area (Å²) >= 11 is 0. The second-order valence-electron chi connectivity index (χ2n) is 4.93. The molecule has 0 saturated heterocycles. The minimum absolute atomic E-state index is 0.636. The molecule has 1 N–H and O–H groups in total. The summed E-state index contributed by atoms with van der Waals surface area (Å²) in [4.78, 5) is 0. The Bertz CT molecular complexity index is 341. The van der Waals surface area contributed by atoms with Crippen molar-refractivity contribution in [1.82, 2.24) is 0 Å². The smallest absolute Gasteiger partial charge is 0.0373 e. The average Bonchev–Trinajstić information content (AvgIpc) is 2.27. The lowest BCUT2D eigenvalue weighted by Gasteiger charge is -2.26. The van der Waals surface area contributed by atoms with Gasteiger partial charge < -0.3 is 5.32 Å². The first-order valence-electron chi connectivity index (χ1n) is 6.07. The largest absolute Gasteiger partial charge is 0.385 e. The van der Waals surface area contributed by atoms with Crippen molar-refractivity contribution in [3.05, 3.63) is 29.3 Å². The van der Waals surface area contributed by atoms with Gasteiger partial charge in [0.15, 0.2) is 0 Å². The van der Waals surface area contributed by atoms with Crippen LogP contribution in [0.5, 0.6) is 0 Å². The molecule has 0 bridgehead atoms. The van der Waals surface area contributed by atoms with Gasteiger partial charge in [-0.25, -0.2) is 0 Å². The Kier molecular flexibility index (Phi) is 2.99. The van der Waals surface area contributed by atoms with Gasteiger partial charge in [0.1, 0.15) is 0 Å². The number of rotatable bonds is 2. The molecule has 1 aromatic carbocycles. The molecule has 1 nitrogen and oxygen atoms in total. The molecule has 0 saturated carbocycles. The van der Waals surface area contributed by atoms with Crippen molar-refractivity contribution in [1.29, 1.82) is 0 Å². The van der Waals surface area contributed by atoms with Crippen molar-refractivity contribution >= 4 is 5.69 Å². The van der Waals surface area contributed by atoms with E-state index >= 15 is 0 Å². The van der Waals surface area contributed by atoms with Crippen LogP contribution in [0, 0.1) is 5.92 Å². The van der Waals surface area contributed by atoms with Crippen molar-refractivity contribution in [2.24, 2.45) is 5.92 Å². The molecule has 0 spiro atoms. The number of anilines is 1. The zero-order valence-electron chi connectivity index (χ0n) is 10.0. The summed E-state index contributed by atoms with van der Waals surface area (Å²) in [6.07, 6.45) is 2.53. The lowest BCUT2D eigenvalue weighted by molar-refractivity contribution is 0.520. The summed E-state index contributed by atoms with van der Waals surface area (Å²) < 4.78 is 0. The normalized spacial score (nSPS) is 19.9. The minimum Gasteiger partial charge on any atom is -0.385 e. The summed E-state index contributed by atoms with van der Waals surface area (Å²) in [5, 5.41) is 3.53. The van der Waals surface area contributed by atoms with E-state index < -0.39 is 0 Å². The first-order chi connectivity index (χ1) is 7.20. The molecule has 15 heavy (non-hydrogen) atoms. The monoisotopic (exact) mass is 203 g/mol. The van der Waals surface area contributed by atoms with Crippen LogP contribution in [0.3, 0.4) is 0 Å². The van der Waals surface area contributed by atoms with Crippen LogP contribution in [-0.4, -0.2) is 6.54 Å². The molecule has 1 heteroatoms. The van der Waals surface area contributed by atoms with Gasteiger partial charge in [0, 0.05) is 12.2 Å². The molecule has 1 atom stereocenters. The summed E-state index contributed by atoms with van der Waals surface area (Å²) in [7, 11) is 0. The first kappa shape index (κ1) is 10.5. The number of hydrogen-bond acceptors (Lipinski definition) is 1. The second kappa shape index (κ2) is 4.26. The zero-order chi connectivity index (χ0) is 10.8. The Balaban J connectivity index is 2.26. The predicted octanol–water partition coefficient (Wildman–Crippen LogP) is 3.80. The van der Waals surface area contributed by atoms with E-state index in [4.69, 9.17) is 0 Å². The molecule has 0 aromatic heterocycles. The molecule has 1 aliphatic heterocycles. The van der Waals surface area contributed by atoms with E-state index in [1.54, 1.807) is 0 Å². The standard InChI is InChI=1S/C14H21N/c1-4-11-7-13-8-12(10(2)3)5-6-14(13)15-9-11/h5-6,8,10-11,15H,4,7,9H2,1-3H3. The van der Waals surface area contributed by atoms with E-state index in [0.29, 0.717) is 5.92 Å². The third kappa shape index (κ3) is 2.17. The van der Waals surface area contributed by atoms with Crippen LogP contribution in [0.2, 0.25) is 0 Å². The van der Waals surface area contributed by atoms with Gasteiger partial charge in [-0.1, -0.05) is 39.3 Å². The lowest BCUT2D eigenvalue weighted by atomic mass is 9.89. The summed E-state index contributed by atoms with van der Waals surface area (Å²) in [5.74, 6) is 1.46. The van der Waals surface area contributed by atoms with Crippen LogP contribution >= 0.6 is 0 Å². The average molecular weight is 203 g/mol. The summed E-state index contributed by atoms with van der Waals surface area (Å²) in [6.45, 7) is 7.94. The highest BCUT2D eigenvalue weighted by Gasteiger charge is 2.17. The van der Waals surface area contributed by atoms with Gasteiger partial charge >= 0.3 is 0 Å². The Hall–Kier alpha value is -0.980. The van der Waals surface area contributed by atoms with Crippen molar-refractivity contribution in [3.8, 4) is 0 Å². The number of fused-ring (bicyclic) bond motifs is 1. The van der Waals surface area contributed by atoms with Gasteiger partial charge in [-0.2, -0.15) is 0 Å². The molecule has 0 radical (unpaired) electrons. The van der Waals surface area contributed by atoms with Gasteiger partial charge in [-0.3, -0.25) is 0 Å². The van der Waals surface area contributed by atoms with Crippen molar-refractivity contribution in [2.75, 3.05) is 11.9 Å². The number of benzene rings is 1. The molecular weight excluding hydrogens is 182 g/mol. The molecule has 82 valence electrons. The fraction of sp³-hybridized carbons (Fsp3) is 0.571. The lowest BCUT2D eigenvalue weighted by Crippen LogP contribution is -2.22. The fourth-order valence-corrected chi connectivity index (χ4v) is 2.24. The Morgan fingerprint density at radius 2 is 2.20 bits per heavy atom. The molecule has 0 aliphatic carbocycles. The molecule has 1 unspecified atom stereocenters. The van der Waals surface area contributed by atoms with Crippen LogP contribution in [0.15, 0.2) is 18.2 Å². The Morgan fingerprint density at radius 3 is 2.87 bits per heavy atom. The Labute approximate surface area is 92.9 Å². The number of hydrogen-bond donors (Lipinski definition) is 1. The highest BCUT2D eigenvalue weighted by Crippen LogP contribution is 2.29. The summed E-state index contributed by atoms with van der Waals surface area (Å²) in [5.41, 5.74) is 4.33. The van der Waals surface area contributed by atoms with Gasteiger partial charge in [-0.15, -0.1) is 0 Å². The molecule has 1 aromatic rings. The molecule has 1 heterocycles. The van der Waals surface area contributed by atoms with Crippen molar-refractivity contribution in [2.45, 2.75) is 39.5 Å². The van der Waals surface area contributed by atoms with Crippen LogP contribution < -0.4 is 5.32 Å². The topological polar surface area (TPSA) is 12.0 Å². The third-order valence-corrected chi connectivity index (χ3v) is 3.46. The van der Waals surface area contributed by atoms with E-state index in [-0.39, 0.29) is 0 Å². The highest BCUT2D eigenvalue weighted by atomic mass is 14.9. The molecule has 0 fully saturated rings. The Morgan fingerprint density at radius 1 is 1.40 bits per heavy atom. The van der Waals surface area contributed by atoms with E-state index in [1.165, 1.54) is 29.7 Å².